The summed E-state index contributed by atoms with van der Waals surface area (Å²) in [5.41, 5.74) is 1.03. The molecule has 3 N–H and O–H groups in total. The Hall–Kier alpha value is -1.39. The van der Waals surface area contributed by atoms with Gasteiger partial charge >= 0.3 is 0 Å². The molecule has 1 aliphatic carbocycles. The van der Waals surface area contributed by atoms with Crippen LogP contribution in [0, 0.1) is 5.92 Å². The normalized spacial score (nSPS) is 30.6. The van der Waals surface area contributed by atoms with Crippen molar-refractivity contribution < 1.29 is 15.0 Å². The summed E-state index contributed by atoms with van der Waals surface area (Å²) in [4.78, 5) is 11.8. The van der Waals surface area contributed by atoms with E-state index in [0.29, 0.717) is 6.42 Å². The van der Waals surface area contributed by atoms with E-state index in [2.05, 4.69) is 5.32 Å². The first-order valence-corrected chi connectivity index (χ1v) is 6.72. The molecular formula is C15H21NO3. The van der Waals surface area contributed by atoms with E-state index in [1.165, 1.54) is 0 Å². The van der Waals surface area contributed by atoms with Crippen LogP contribution in [0.15, 0.2) is 30.3 Å². The Labute approximate surface area is 113 Å². The number of aliphatic hydroxyl groups is 2. The SMILES string of the molecule is CC(C)C(=O)NC1C(c2ccccc2)CC(O)C1O. The van der Waals surface area contributed by atoms with Gasteiger partial charge in [0.1, 0.15) is 6.10 Å². The lowest BCUT2D eigenvalue weighted by molar-refractivity contribution is -0.125. The van der Waals surface area contributed by atoms with Crippen LogP contribution >= 0.6 is 0 Å². The Balaban J connectivity index is 2.19. The van der Waals surface area contributed by atoms with Gasteiger partial charge in [-0.2, -0.15) is 0 Å². The fraction of sp³-hybridized carbons (Fsp3) is 0.533. The summed E-state index contributed by atoms with van der Waals surface area (Å²) in [5, 5.41) is 22.8. The van der Waals surface area contributed by atoms with Crippen molar-refractivity contribution in [2.24, 2.45) is 5.92 Å². The number of hydrogen-bond donors (Lipinski definition) is 3. The second-order valence-electron chi connectivity index (χ2n) is 5.50. The molecule has 4 nitrogen and oxygen atoms in total. The molecule has 104 valence electrons. The topological polar surface area (TPSA) is 69.6 Å². The fourth-order valence-corrected chi connectivity index (χ4v) is 2.58. The predicted molar refractivity (Wildman–Crippen MR) is 72.6 cm³/mol. The van der Waals surface area contributed by atoms with Gasteiger partial charge in [-0.15, -0.1) is 0 Å². The van der Waals surface area contributed by atoms with Crippen LogP contribution in [-0.2, 0) is 4.79 Å². The molecule has 4 unspecified atom stereocenters. The van der Waals surface area contributed by atoms with Gasteiger partial charge in [-0.3, -0.25) is 4.79 Å². The molecule has 1 amide bonds. The highest BCUT2D eigenvalue weighted by molar-refractivity contribution is 5.78. The van der Waals surface area contributed by atoms with Gasteiger partial charge in [-0.1, -0.05) is 44.2 Å². The number of hydrogen-bond acceptors (Lipinski definition) is 3. The third kappa shape index (κ3) is 2.96. The van der Waals surface area contributed by atoms with Gasteiger partial charge in [-0.05, 0) is 12.0 Å². The minimum absolute atomic E-state index is 0.0473. The first-order valence-electron chi connectivity index (χ1n) is 6.72. The number of aliphatic hydroxyl groups excluding tert-OH is 2. The standard InChI is InChI=1S/C15H21NO3/c1-9(2)15(19)16-13-11(8-12(17)14(13)18)10-6-4-3-5-7-10/h3-7,9,11-14,17-18H,8H2,1-2H3,(H,16,19). The van der Waals surface area contributed by atoms with E-state index < -0.39 is 18.2 Å². The Morgan fingerprint density at radius 2 is 1.89 bits per heavy atom. The second kappa shape index (κ2) is 5.72. The molecule has 0 spiro atoms. The molecule has 2 rings (SSSR count). The van der Waals surface area contributed by atoms with E-state index in [-0.39, 0.29) is 17.7 Å². The van der Waals surface area contributed by atoms with E-state index in [9.17, 15) is 15.0 Å². The second-order valence-corrected chi connectivity index (χ2v) is 5.50. The minimum atomic E-state index is -0.909. The molecule has 1 fully saturated rings. The molecule has 0 aliphatic heterocycles. The highest BCUT2D eigenvalue weighted by Crippen LogP contribution is 2.35. The van der Waals surface area contributed by atoms with Gasteiger partial charge < -0.3 is 15.5 Å². The van der Waals surface area contributed by atoms with Crippen LogP contribution in [0.25, 0.3) is 0 Å². The summed E-state index contributed by atoms with van der Waals surface area (Å²) >= 11 is 0. The third-order valence-corrected chi connectivity index (χ3v) is 3.75. The smallest absolute Gasteiger partial charge is 0.222 e. The van der Waals surface area contributed by atoms with Crippen molar-refractivity contribution in [3.63, 3.8) is 0 Å². The predicted octanol–water partition coefficient (Wildman–Crippen LogP) is 1.04. The molecule has 0 radical (unpaired) electrons. The molecule has 19 heavy (non-hydrogen) atoms. The van der Waals surface area contributed by atoms with Crippen molar-refractivity contribution in [3.8, 4) is 0 Å². The summed E-state index contributed by atoms with van der Waals surface area (Å²) in [6, 6.07) is 9.27. The third-order valence-electron chi connectivity index (χ3n) is 3.75. The maximum Gasteiger partial charge on any atom is 0.222 e. The molecule has 4 atom stereocenters. The van der Waals surface area contributed by atoms with Gasteiger partial charge in [0.25, 0.3) is 0 Å². The average molecular weight is 263 g/mol. The number of benzene rings is 1. The Kier molecular flexibility index (Phi) is 4.22. The zero-order valence-electron chi connectivity index (χ0n) is 11.3. The van der Waals surface area contributed by atoms with Crippen LogP contribution in [0.5, 0.6) is 0 Å². The largest absolute Gasteiger partial charge is 0.390 e. The number of nitrogens with one attached hydrogen (secondary N) is 1. The van der Waals surface area contributed by atoms with Gasteiger partial charge in [0.2, 0.25) is 5.91 Å². The fourth-order valence-electron chi connectivity index (χ4n) is 2.58. The summed E-state index contributed by atoms with van der Waals surface area (Å²) in [6.45, 7) is 3.62. The van der Waals surface area contributed by atoms with Gasteiger partial charge in [0, 0.05) is 11.8 Å². The molecule has 0 saturated heterocycles. The molecule has 1 aromatic carbocycles. The maximum absolute atomic E-state index is 11.8. The van der Waals surface area contributed by atoms with E-state index in [1.54, 1.807) is 0 Å². The lowest BCUT2D eigenvalue weighted by atomic mass is 9.93. The number of carbonyl (C=O) groups excluding carboxylic acids is 1. The lowest BCUT2D eigenvalue weighted by Crippen LogP contribution is -2.46. The van der Waals surface area contributed by atoms with E-state index in [0.717, 1.165) is 5.56 Å². The summed E-state index contributed by atoms with van der Waals surface area (Å²) in [6.07, 6.45) is -1.23. The van der Waals surface area contributed by atoms with E-state index in [1.807, 2.05) is 44.2 Å². The van der Waals surface area contributed by atoms with Crippen LogP contribution in [0.3, 0.4) is 0 Å². The molecule has 4 heteroatoms. The minimum Gasteiger partial charge on any atom is -0.390 e. The van der Waals surface area contributed by atoms with Gasteiger partial charge in [0.15, 0.2) is 0 Å². The van der Waals surface area contributed by atoms with Crippen molar-refractivity contribution in [2.45, 2.75) is 44.4 Å². The molecule has 0 heterocycles. The van der Waals surface area contributed by atoms with Crippen LogP contribution in [0.1, 0.15) is 31.7 Å². The molecule has 1 saturated carbocycles. The van der Waals surface area contributed by atoms with Crippen LogP contribution in [0.4, 0.5) is 0 Å². The Morgan fingerprint density at radius 3 is 2.47 bits per heavy atom. The summed E-state index contributed by atoms with van der Waals surface area (Å²) < 4.78 is 0. The monoisotopic (exact) mass is 263 g/mol. The Bertz CT molecular complexity index is 432. The zero-order valence-corrected chi connectivity index (χ0v) is 11.3. The highest BCUT2D eigenvalue weighted by Gasteiger charge is 2.43. The molecule has 1 aliphatic rings. The highest BCUT2D eigenvalue weighted by atomic mass is 16.3. The molecule has 1 aromatic rings. The van der Waals surface area contributed by atoms with Crippen molar-refractivity contribution in [3.05, 3.63) is 35.9 Å². The molecule has 0 bridgehead atoms. The van der Waals surface area contributed by atoms with Crippen molar-refractivity contribution >= 4 is 5.91 Å². The lowest BCUT2D eigenvalue weighted by Gasteiger charge is -2.24. The van der Waals surface area contributed by atoms with Crippen LogP contribution in [0.2, 0.25) is 0 Å². The quantitative estimate of drug-likeness (QED) is 0.763. The van der Waals surface area contributed by atoms with E-state index >= 15 is 0 Å². The zero-order chi connectivity index (χ0) is 14.0. The van der Waals surface area contributed by atoms with Crippen LogP contribution < -0.4 is 5.32 Å². The Morgan fingerprint density at radius 1 is 1.26 bits per heavy atom. The number of amides is 1. The van der Waals surface area contributed by atoms with Crippen molar-refractivity contribution in [1.82, 2.24) is 5.32 Å². The van der Waals surface area contributed by atoms with Gasteiger partial charge in [-0.25, -0.2) is 0 Å². The first kappa shape index (κ1) is 14.0. The molecular weight excluding hydrogens is 242 g/mol. The maximum atomic E-state index is 11.8. The van der Waals surface area contributed by atoms with E-state index in [4.69, 9.17) is 0 Å². The van der Waals surface area contributed by atoms with Crippen molar-refractivity contribution in [2.75, 3.05) is 0 Å². The van der Waals surface area contributed by atoms with Crippen molar-refractivity contribution in [1.29, 1.82) is 0 Å². The summed E-state index contributed by atoms with van der Waals surface area (Å²) in [5.74, 6) is -0.283. The van der Waals surface area contributed by atoms with Crippen LogP contribution in [-0.4, -0.2) is 34.4 Å². The first-order chi connectivity index (χ1) is 9.00. The summed E-state index contributed by atoms with van der Waals surface area (Å²) in [7, 11) is 0. The van der Waals surface area contributed by atoms with Gasteiger partial charge in [0.05, 0.1) is 12.1 Å². The number of carbonyl (C=O) groups is 1. The average Bonchev–Trinajstić information content (AvgIpc) is 2.68. The number of rotatable bonds is 3. The molecule has 0 aromatic heterocycles.